The predicted molar refractivity (Wildman–Crippen MR) is 176 cm³/mol. The van der Waals surface area contributed by atoms with E-state index >= 15 is 0 Å². The van der Waals surface area contributed by atoms with E-state index in [0.717, 1.165) is 29.7 Å². The van der Waals surface area contributed by atoms with E-state index in [1.54, 1.807) is 24.3 Å². The molecule has 1 N–H and O–H groups in total. The van der Waals surface area contributed by atoms with E-state index in [9.17, 15) is 9.90 Å². The van der Waals surface area contributed by atoms with Gasteiger partial charge in [0.25, 0.3) is 0 Å². The molecule has 0 saturated heterocycles. The van der Waals surface area contributed by atoms with E-state index in [-0.39, 0.29) is 23.2 Å². The molecule has 0 bridgehead atoms. The Balaban J connectivity index is 1.15. The van der Waals surface area contributed by atoms with Crippen LogP contribution in [-0.4, -0.2) is 17.2 Å². The SMILES string of the molecule is C=C(CC[C@@H](C)[C@H]1CC[C@@]2(C)[C@@H]3CC[C@H]4C(C)(C)[C@@H](OC(=O)/C=C\c5ccc(O)cc5)CC[C@@]45C[C@@]35CC[C@]12C)C(C)C. The van der Waals surface area contributed by atoms with Crippen LogP contribution in [0.1, 0.15) is 125 Å². The van der Waals surface area contributed by atoms with E-state index < -0.39 is 0 Å². The van der Waals surface area contributed by atoms with Gasteiger partial charge in [0.2, 0.25) is 0 Å². The summed E-state index contributed by atoms with van der Waals surface area (Å²) in [6, 6.07) is 6.90. The summed E-state index contributed by atoms with van der Waals surface area (Å²) < 4.78 is 6.22. The molecule has 236 valence electrons. The Bertz CT molecular complexity index is 1270. The summed E-state index contributed by atoms with van der Waals surface area (Å²) in [5.41, 5.74) is 4.16. The van der Waals surface area contributed by atoms with E-state index in [1.807, 2.05) is 12.1 Å². The van der Waals surface area contributed by atoms with Crippen molar-refractivity contribution in [3.63, 3.8) is 0 Å². The summed E-state index contributed by atoms with van der Waals surface area (Å²) in [7, 11) is 0. The van der Waals surface area contributed by atoms with Crippen molar-refractivity contribution >= 4 is 12.0 Å². The largest absolute Gasteiger partial charge is 0.508 e. The van der Waals surface area contributed by atoms with Crippen molar-refractivity contribution in [1.82, 2.24) is 0 Å². The van der Waals surface area contributed by atoms with Crippen LogP contribution in [-0.2, 0) is 9.53 Å². The number of phenolic OH excluding ortho intramolecular Hbond substituents is 1. The number of ether oxygens (including phenoxy) is 1. The van der Waals surface area contributed by atoms with Gasteiger partial charge in [-0.25, -0.2) is 4.79 Å². The molecule has 3 nitrogen and oxygen atoms in total. The van der Waals surface area contributed by atoms with E-state index in [4.69, 9.17) is 4.74 Å². The molecule has 5 aliphatic rings. The molecule has 2 spiro atoms. The Morgan fingerprint density at radius 2 is 1.60 bits per heavy atom. The van der Waals surface area contributed by atoms with Crippen LogP contribution in [0.15, 0.2) is 42.5 Å². The molecule has 0 heterocycles. The van der Waals surface area contributed by atoms with Gasteiger partial charge >= 0.3 is 5.97 Å². The molecule has 5 saturated carbocycles. The zero-order valence-electron chi connectivity index (χ0n) is 28.2. The van der Waals surface area contributed by atoms with Crippen LogP contribution in [0, 0.1) is 56.7 Å². The fourth-order valence-corrected chi connectivity index (χ4v) is 12.3. The standard InChI is InChI=1S/C40H58O3/c1-26(2)27(3)9-10-28(4)31-19-21-38(8)33-17-16-32-36(5,6)34(43-35(42)18-13-29-11-14-30(41)15-12-29)20-22-39(32)25-40(33,39)24-23-37(31,38)7/h11-15,18,26,28,31-34,41H,3,9-10,16-17,19-25H2,1-2,4-8H3/b18-13-/t28-,31-,32+,33+,34+,37-,38+,39-,40+/m1/s1. The molecule has 9 atom stereocenters. The van der Waals surface area contributed by atoms with Gasteiger partial charge in [0.15, 0.2) is 0 Å². The van der Waals surface area contributed by atoms with Crippen LogP contribution in [0.4, 0.5) is 0 Å². The Hall–Kier alpha value is -2.03. The summed E-state index contributed by atoms with van der Waals surface area (Å²) >= 11 is 0. The average molecular weight is 587 g/mol. The summed E-state index contributed by atoms with van der Waals surface area (Å²) in [5, 5.41) is 9.54. The number of hydrogen-bond donors (Lipinski definition) is 1. The number of allylic oxidation sites excluding steroid dienone is 1. The molecule has 0 unspecified atom stereocenters. The highest BCUT2D eigenvalue weighted by molar-refractivity contribution is 5.87. The first-order chi connectivity index (χ1) is 20.2. The minimum atomic E-state index is -0.245. The third kappa shape index (κ3) is 4.60. The van der Waals surface area contributed by atoms with Gasteiger partial charge in [-0.05, 0) is 146 Å². The lowest BCUT2D eigenvalue weighted by molar-refractivity contribution is -0.179. The van der Waals surface area contributed by atoms with Gasteiger partial charge in [0.05, 0.1) is 0 Å². The van der Waals surface area contributed by atoms with Crippen LogP contribution in [0.2, 0.25) is 0 Å². The fraction of sp³-hybridized carbons (Fsp3) is 0.725. The maximum absolute atomic E-state index is 13.0. The van der Waals surface area contributed by atoms with Gasteiger partial charge in [0.1, 0.15) is 11.9 Å². The molecule has 1 aromatic rings. The van der Waals surface area contributed by atoms with Crippen molar-refractivity contribution < 1.29 is 14.6 Å². The number of benzene rings is 1. The van der Waals surface area contributed by atoms with Gasteiger partial charge < -0.3 is 9.84 Å². The molecule has 0 aliphatic heterocycles. The minimum Gasteiger partial charge on any atom is -0.508 e. The zero-order chi connectivity index (χ0) is 31.0. The number of carbonyl (C=O) groups excluding carboxylic acids is 1. The second-order valence-electron chi connectivity index (χ2n) is 17.2. The molecular weight excluding hydrogens is 528 g/mol. The van der Waals surface area contributed by atoms with Crippen LogP contribution < -0.4 is 0 Å². The molecule has 5 aliphatic carbocycles. The number of rotatable bonds is 8. The van der Waals surface area contributed by atoms with Crippen LogP contribution >= 0.6 is 0 Å². The maximum Gasteiger partial charge on any atom is 0.331 e. The fourth-order valence-electron chi connectivity index (χ4n) is 12.3. The molecular formula is C40H58O3. The lowest BCUT2D eigenvalue weighted by Crippen LogP contribution is -2.58. The molecule has 1 aromatic carbocycles. The Labute approximate surface area is 262 Å². The van der Waals surface area contributed by atoms with Crippen molar-refractivity contribution in [3.8, 4) is 5.75 Å². The predicted octanol–water partition coefficient (Wildman–Crippen LogP) is 10.4. The van der Waals surface area contributed by atoms with Crippen LogP contribution in [0.3, 0.4) is 0 Å². The molecule has 5 fully saturated rings. The second kappa shape index (κ2) is 10.5. The van der Waals surface area contributed by atoms with E-state index in [0.29, 0.717) is 33.5 Å². The van der Waals surface area contributed by atoms with Crippen molar-refractivity contribution in [3.05, 3.63) is 48.1 Å². The third-order valence-electron chi connectivity index (χ3n) is 15.1. The summed E-state index contributed by atoms with van der Waals surface area (Å²) in [4.78, 5) is 13.0. The summed E-state index contributed by atoms with van der Waals surface area (Å²) in [6.07, 6.45) is 17.7. The summed E-state index contributed by atoms with van der Waals surface area (Å²) in [5.74, 6) is 3.67. The van der Waals surface area contributed by atoms with Gasteiger partial charge in [-0.3, -0.25) is 0 Å². The number of aromatic hydroxyl groups is 1. The van der Waals surface area contributed by atoms with Gasteiger partial charge in [-0.2, -0.15) is 0 Å². The number of hydrogen-bond acceptors (Lipinski definition) is 3. The molecule has 43 heavy (non-hydrogen) atoms. The van der Waals surface area contributed by atoms with Gasteiger partial charge in [0, 0.05) is 11.5 Å². The number of fused-ring (bicyclic) bond motifs is 2. The Morgan fingerprint density at radius 3 is 2.30 bits per heavy atom. The lowest BCUT2D eigenvalue weighted by Gasteiger charge is -2.63. The van der Waals surface area contributed by atoms with Crippen molar-refractivity contribution in [2.45, 2.75) is 125 Å². The zero-order valence-corrected chi connectivity index (χ0v) is 28.2. The normalized spacial score (nSPS) is 41.6. The van der Waals surface area contributed by atoms with Crippen LogP contribution in [0.25, 0.3) is 6.08 Å². The summed E-state index contributed by atoms with van der Waals surface area (Å²) in [6.45, 7) is 21.8. The minimum absolute atomic E-state index is 0.0120. The highest BCUT2D eigenvalue weighted by atomic mass is 16.5. The quantitative estimate of drug-likeness (QED) is 0.187. The number of carbonyl (C=O) groups is 1. The average Bonchev–Trinajstić information content (AvgIpc) is 3.54. The van der Waals surface area contributed by atoms with E-state index in [1.165, 1.54) is 69.8 Å². The topological polar surface area (TPSA) is 46.5 Å². The number of esters is 1. The molecule has 3 heteroatoms. The smallest absolute Gasteiger partial charge is 0.331 e. The Kier molecular flexibility index (Phi) is 7.58. The highest BCUT2D eigenvalue weighted by Gasteiger charge is 2.82. The van der Waals surface area contributed by atoms with Gasteiger partial charge in [-0.1, -0.05) is 72.8 Å². The maximum atomic E-state index is 13.0. The van der Waals surface area contributed by atoms with Crippen molar-refractivity contribution in [2.75, 3.05) is 0 Å². The number of phenols is 1. The van der Waals surface area contributed by atoms with E-state index in [2.05, 4.69) is 55.0 Å². The second-order valence-corrected chi connectivity index (χ2v) is 17.2. The first-order valence-electron chi connectivity index (χ1n) is 17.6. The molecule has 0 aromatic heterocycles. The molecule has 6 rings (SSSR count). The van der Waals surface area contributed by atoms with Crippen LogP contribution in [0.5, 0.6) is 5.75 Å². The molecule has 0 amide bonds. The van der Waals surface area contributed by atoms with Crippen molar-refractivity contribution in [2.24, 2.45) is 56.7 Å². The first-order valence-corrected chi connectivity index (χ1v) is 17.6. The van der Waals surface area contributed by atoms with Gasteiger partial charge in [-0.15, -0.1) is 0 Å². The Morgan fingerprint density at radius 1 is 0.930 bits per heavy atom. The highest BCUT2D eigenvalue weighted by Crippen LogP contribution is 2.89. The lowest BCUT2D eigenvalue weighted by atomic mass is 9.41. The van der Waals surface area contributed by atoms with Crippen molar-refractivity contribution in [1.29, 1.82) is 0 Å². The molecule has 0 radical (unpaired) electrons. The monoisotopic (exact) mass is 586 g/mol. The first kappa shape index (κ1) is 31.0. The third-order valence-corrected chi connectivity index (χ3v) is 15.1.